The summed E-state index contributed by atoms with van der Waals surface area (Å²) in [4.78, 5) is 12.2. The smallest absolute Gasteiger partial charge is 0.251 e. The van der Waals surface area contributed by atoms with Crippen molar-refractivity contribution >= 4 is 27.3 Å². The number of rotatable bonds is 3. The van der Waals surface area contributed by atoms with Gasteiger partial charge in [-0.1, -0.05) is 18.5 Å². The third-order valence-corrected chi connectivity index (χ3v) is 5.52. The quantitative estimate of drug-likeness (QED) is 0.927. The zero-order chi connectivity index (χ0) is 15.6. The Labute approximate surface area is 130 Å². The van der Waals surface area contributed by atoms with Gasteiger partial charge in [0.1, 0.15) is 0 Å². The van der Waals surface area contributed by atoms with Crippen molar-refractivity contribution in [1.29, 1.82) is 0 Å². The maximum atomic E-state index is 12.2. The average Bonchev–Trinajstić information content (AvgIpc) is 2.40. The van der Waals surface area contributed by atoms with Crippen LogP contribution in [0.2, 0.25) is 5.02 Å². The summed E-state index contributed by atoms with van der Waals surface area (Å²) in [5, 5.41) is 3.12. The van der Waals surface area contributed by atoms with E-state index in [1.54, 1.807) is 6.07 Å². The molecule has 1 amide bonds. The summed E-state index contributed by atoms with van der Waals surface area (Å²) < 4.78 is 23.3. The zero-order valence-corrected chi connectivity index (χ0v) is 13.8. The molecule has 1 aromatic rings. The summed E-state index contributed by atoms with van der Waals surface area (Å²) in [5.41, 5.74) is 0.332. The van der Waals surface area contributed by atoms with Crippen LogP contribution in [0.4, 0.5) is 0 Å². The Morgan fingerprint density at radius 1 is 1.24 bits per heavy atom. The number of nitrogens with one attached hydrogen (secondary N) is 1. The first-order valence-corrected chi connectivity index (χ1v) is 9.35. The molecule has 0 saturated heterocycles. The lowest BCUT2D eigenvalue weighted by Crippen LogP contribution is -2.37. The Kier molecular flexibility index (Phi) is 4.94. The van der Waals surface area contributed by atoms with Crippen LogP contribution in [0.5, 0.6) is 0 Å². The minimum atomic E-state index is -3.44. The van der Waals surface area contributed by atoms with E-state index in [9.17, 15) is 13.2 Å². The Morgan fingerprint density at radius 2 is 1.86 bits per heavy atom. The fourth-order valence-corrected chi connectivity index (χ4v) is 3.90. The Morgan fingerprint density at radius 3 is 2.43 bits per heavy atom. The normalized spacial score (nSPS) is 22.8. The third kappa shape index (κ3) is 4.20. The first-order chi connectivity index (χ1) is 9.77. The molecule has 116 valence electrons. The van der Waals surface area contributed by atoms with Crippen LogP contribution in [0.1, 0.15) is 43.0 Å². The van der Waals surface area contributed by atoms with Gasteiger partial charge in [-0.3, -0.25) is 4.79 Å². The van der Waals surface area contributed by atoms with Crippen molar-refractivity contribution in [2.45, 2.75) is 43.5 Å². The molecule has 4 nitrogen and oxygen atoms in total. The summed E-state index contributed by atoms with van der Waals surface area (Å²) >= 11 is 5.88. The molecular weight excluding hydrogens is 310 g/mol. The predicted molar refractivity (Wildman–Crippen MR) is 83.4 cm³/mol. The SMILES string of the molecule is CC1CCC(NC(=O)c2ccc(Cl)c(S(C)(=O)=O)c2)CC1. The third-order valence-electron chi connectivity index (χ3n) is 3.94. The van der Waals surface area contributed by atoms with Crippen LogP contribution in [0.25, 0.3) is 0 Å². The molecule has 0 bridgehead atoms. The van der Waals surface area contributed by atoms with E-state index >= 15 is 0 Å². The second-order valence-corrected chi connectivity index (χ2v) is 8.24. The number of halogens is 1. The predicted octanol–water partition coefficient (Wildman–Crippen LogP) is 3.05. The summed E-state index contributed by atoms with van der Waals surface area (Å²) in [6, 6.07) is 4.53. The number of hydrogen-bond acceptors (Lipinski definition) is 3. The number of amides is 1. The van der Waals surface area contributed by atoms with Gasteiger partial charge in [-0.15, -0.1) is 0 Å². The van der Waals surface area contributed by atoms with Gasteiger partial charge in [0, 0.05) is 17.9 Å². The monoisotopic (exact) mass is 329 g/mol. The maximum Gasteiger partial charge on any atom is 0.251 e. The van der Waals surface area contributed by atoms with Crippen LogP contribution in [0, 0.1) is 5.92 Å². The van der Waals surface area contributed by atoms with E-state index in [0.717, 1.165) is 31.9 Å². The lowest BCUT2D eigenvalue weighted by molar-refractivity contribution is 0.0923. The van der Waals surface area contributed by atoms with Crippen molar-refractivity contribution in [3.05, 3.63) is 28.8 Å². The molecule has 1 saturated carbocycles. The summed E-state index contributed by atoms with van der Waals surface area (Å²) in [6.45, 7) is 2.22. The minimum absolute atomic E-state index is 0.00548. The van der Waals surface area contributed by atoms with Crippen LogP contribution in [-0.4, -0.2) is 26.6 Å². The van der Waals surface area contributed by atoms with Crippen LogP contribution < -0.4 is 5.32 Å². The minimum Gasteiger partial charge on any atom is -0.349 e. The van der Waals surface area contributed by atoms with Gasteiger partial charge in [0.2, 0.25) is 0 Å². The Balaban J connectivity index is 2.13. The summed E-state index contributed by atoms with van der Waals surface area (Å²) in [5.74, 6) is 0.474. The van der Waals surface area contributed by atoms with E-state index in [4.69, 9.17) is 11.6 Å². The first kappa shape index (κ1) is 16.3. The van der Waals surface area contributed by atoms with E-state index in [-0.39, 0.29) is 21.9 Å². The van der Waals surface area contributed by atoms with E-state index in [1.807, 2.05) is 0 Å². The molecule has 1 aliphatic rings. The molecule has 0 aliphatic heterocycles. The van der Waals surface area contributed by atoms with Crippen LogP contribution in [0.3, 0.4) is 0 Å². The van der Waals surface area contributed by atoms with E-state index in [1.165, 1.54) is 12.1 Å². The Hall–Kier alpha value is -1.07. The van der Waals surface area contributed by atoms with Crippen molar-refractivity contribution in [2.24, 2.45) is 5.92 Å². The molecule has 0 radical (unpaired) electrons. The van der Waals surface area contributed by atoms with E-state index in [2.05, 4.69) is 12.2 Å². The number of carbonyl (C=O) groups excluding carboxylic acids is 1. The summed E-state index contributed by atoms with van der Waals surface area (Å²) in [6.07, 6.45) is 5.25. The van der Waals surface area contributed by atoms with E-state index in [0.29, 0.717) is 11.5 Å². The zero-order valence-electron chi connectivity index (χ0n) is 12.2. The van der Waals surface area contributed by atoms with Crippen LogP contribution in [-0.2, 0) is 9.84 Å². The summed E-state index contributed by atoms with van der Waals surface area (Å²) in [7, 11) is -3.44. The molecule has 0 atom stereocenters. The van der Waals surface area contributed by atoms with Gasteiger partial charge in [-0.05, 0) is 49.8 Å². The second kappa shape index (κ2) is 6.36. The fraction of sp³-hybridized carbons (Fsp3) is 0.533. The largest absolute Gasteiger partial charge is 0.349 e. The highest BCUT2D eigenvalue weighted by atomic mass is 35.5. The lowest BCUT2D eigenvalue weighted by atomic mass is 9.87. The molecule has 21 heavy (non-hydrogen) atoms. The number of sulfone groups is 1. The van der Waals surface area contributed by atoms with Crippen molar-refractivity contribution in [3.63, 3.8) is 0 Å². The molecule has 1 fully saturated rings. The van der Waals surface area contributed by atoms with Crippen molar-refractivity contribution < 1.29 is 13.2 Å². The molecule has 0 spiro atoms. The van der Waals surface area contributed by atoms with Crippen LogP contribution >= 0.6 is 11.6 Å². The fourth-order valence-electron chi connectivity index (χ4n) is 2.60. The Bertz CT molecular complexity index is 634. The van der Waals surface area contributed by atoms with Gasteiger partial charge < -0.3 is 5.32 Å². The molecule has 1 aromatic carbocycles. The molecular formula is C15H20ClNO3S. The number of carbonyl (C=O) groups is 1. The molecule has 6 heteroatoms. The van der Waals surface area contributed by atoms with Gasteiger partial charge in [0.05, 0.1) is 9.92 Å². The molecule has 2 rings (SSSR count). The molecule has 0 aromatic heterocycles. The van der Waals surface area contributed by atoms with Gasteiger partial charge >= 0.3 is 0 Å². The first-order valence-electron chi connectivity index (χ1n) is 7.08. The molecule has 1 aliphatic carbocycles. The number of benzene rings is 1. The highest BCUT2D eigenvalue weighted by Crippen LogP contribution is 2.25. The van der Waals surface area contributed by atoms with Gasteiger partial charge in [-0.25, -0.2) is 8.42 Å². The second-order valence-electron chi connectivity index (χ2n) is 5.85. The lowest BCUT2D eigenvalue weighted by Gasteiger charge is -2.27. The average molecular weight is 330 g/mol. The molecule has 0 unspecified atom stereocenters. The van der Waals surface area contributed by atoms with E-state index < -0.39 is 9.84 Å². The van der Waals surface area contributed by atoms with Crippen molar-refractivity contribution in [3.8, 4) is 0 Å². The van der Waals surface area contributed by atoms with Gasteiger partial charge in [0.15, 0.2) is 9.84 Å². The van der Waals surface area contributed by atoms with Gasteiger partial charge in [0.25, 0.3) is 5.91 Å². The maximum absolute atomic E-state index is 12.2. The van der Waals surface area contributed by atoms with Gasteiger partial charge in [-0.2, -0.15) is 0 Å². The standard InChI is InChI=1S/C15H20ClNO3S/c1-10-3-6-12(7-4-10)17-15(18)11-5-8-13(16)14(9-11)21(2,19)20/h5,8-10,12H,3-4,6-7H2,1-2H3,(H,17,18). The number of hydrogen-bond donors (Lipinski definition) is 1. The molecule has 1 N–H and O–H groups in total. The van der Waals surface area contributed by atoms with Crippen molar-refractivity contribution in [1.82, 2.24) is 5.32 Å². The molecule has 0 heterocycles. The highest BCUT2D eigenvalue weighted by molar-refractivity contribution is 7.90. The van der Waals surface area contributed by atoms with Crippen molar-refractivity contribution in [2.75, 3.05) is 6.26 Å². The highest BCUT2D eigenvalue weighted by Gasteiger charge is 2.21. The topological polar surface area (TPSA) is 63.2 Å². The van der Waals surface area contributed by atoms with Crippen LogP contribution in [0.15, 0.2) is 23.1 Å².